The van der Waals surface area contributed by atoms with Gasteiger partial charge in [0.05, 0.1) is 45.2 Å². The van der Waals surface area contributed by atoms with Gasteiger partial charge in [-0.15, -0.1) is 0 Å². The van der Waals surface area contributed by atoms with E-state index in [9.17, 15) is 85.6 Å². The number of amides is 3. The number of nitrogens with zero attached hydrogens (tertiary/aromatic N) is 1. The molecule has 16 N–H and O–H groups in total. The van der Waals surface area contributed by atoms with E-state index in [4.69, 9.17) is 38.0 Å². The van der Waals surface area contributed by atoms with Crippen LogP contribution < -0.4 is 16.0 Å². The molecule has 11 unspecified atom stereocenters. The number of thiol groups is 1. The predicted molar refractivity (Wildman–Crippen MR) is 222 cm³/mol. The van der Waals surface area contributed by atoms with E-state index in [1.807, 2.05) is 0 Å². The number of carbonyl (C=O) groups excluding carboxylic acids is 3. The second-order valence-corrected chi connectivity index (χ2v) is 17.0. The highest BCUT2D eigenvalue weighted by Gasteiger charge is 2.61. The van der Waals surface area contributed by atoms with E-state index in [0.29, 0.717) is 12.2 Å². The Kier molecular flexibility index (Phi) is 22.3. The Morgan fingerprint density at radius 2 is 1.35 bits per heavy atom. The van der Waals surface area contributed by atoms with Crippen LogP contribution in [-0.2, 0) is 57.2 Å². The first-order valence-corrected chi connectivity index (χ1v) is 22.2. The average Bonchev–Trinajstić information content (AvgIpc) is 3.29. The first-order valence-electron chi connectivity index (χ1n) is 21.6. The highest BCUT2D eigenvalue weighted by Crippen LogP contribution is 2.40. The number of carboxylic acid groups (broad SMARTS) is 1. The fraction of sp³-hybridized carbons (Fsp3) is 0.895. The van der Waals surface area contributed by atoms with E-state index in [2.05, 4.69) is 28.6 Å². The monoisotopic (exact) mass is 1010 g/mol. The third-order valence-electron chi connectivity index (χ3n) is 11.6. The van der Waals surface area contributed by atoms with Crippen LogP contribution in [0.5, 0.6) is 0 Å². The van der Waals surface area contributed by atoms with Crippen molar-refractivity contribution in [1.82, 2.24) is 21.0 Å². The van der Waals surface area contributed by atoms with Crippen molar-refractivity contribution in [2.45, 2.75) is 161 Å². The number of ether oxygens (including phenoxy) is 7. The summed E-state index contributed by atoms with van der Waals surface area (Å²) in [5.74, 6) is -6.72. The summed E-state index contributed by atoms with van der Waals surface area (Å²) in [4.78, 5) is 55.2. The van der Waals surface area contributed by atoms with E-state index in [1.165, 1.54) is 7.05 Å². The normalized spacial score (nSPS) is 39.7. The van der Waals surface area contributed by atoms with E-state index in [1.54, 1.807) is 0 Å². The number of hydrogen-bond acceptors (Lipinski definition) is 26. The number of aliphatic hydroxyl groups is 12. The summed E-state index contributed by atoms with van der Waals surface area (Å²) in [6, 6.07) is -3.38. The summed E-state index contributed by atoms with van der Waals surface area (Å²) < 4.78 is 41.1. The van der Waals surface area contributed by atoms with Gasteiger partial charge in [0, 0.05) is 40.3 Å². The average molecular weight is 1010 g/mol. The van der Waals surface area contributed by atoms with E-state index in [-0.39, 0.29) is 25.5 Å². The molecule has 21 atom stereocenters. The van der Waals surface area contributed by atoms with Crippen LogP contribution >= 0.6 is 12.6 Å². The molecule has 4 aliphatic rings. The molecule has 0 bridgehead atoms. The van der Waals surface area contributed by atoms with Crippen LogP contribution in [0.2, 0.25) is 0 Å². The quantitative estimate of drug-likeness (QED) is 0.0257. The molecule has 0 aliphatic carbocycles. The minimum absolute atomic E-state index is 0.0351. The molecule has 68 heavy (non-hydrogen) atoms. The molecule has 30 heteroatoms. The summed E-state index contributed by atoms with van der Waals surface area (Å²) in [6.07, 6.45) is -35.9. The van der Waals surface area contributed by atoms with Crippen LogP contribution in [0.15, 0.2) is 0 Å². The zero-order chi connectivity index (χ0) is 50.8. The number of rotatable bonds is 23. The number of aliphatic carboxylic acids is 1. The number of likely N-dealkylation sites (N-methyl/N-ethyl adjacent to an activating group) is 1. The number of carbonyl (C=O) groups is 4. The van der Waals surface area contributed by atoms with Gasteiger partial charge in [0.2, 0.25) is 17.7 Å². The summed E-state index contributed by atoms with van der Waals surface area (Å²) in [5.41, 5.74) is 0. The lowest BCUT2D eigenvalue weighted by molar-refractivity contribution is -0.401. The van der Waals surface area contributed by atoms with Crippen molar-refractivity contribution in [1.29, 1.82) is 0 Å². The lowest BCUT2D eigenvalue weighted by Gasteiger charge is -2.52. The summed E-state index contributed by atoms with van der Waals surface area (Å²) in [7, 11) is 1.31. The maximum Gasteiger partial charge on any atom is 0.364 e. The maximum absolute atomic E-state index is 13.3. The zero-order valence-electron chi connectivity index (χ0n) is 37.2. The van der Waals surface area contributed by atoms with Crippen LogP contribution in [0, 0.1) is 0 Å². The van der Waals surface area contributed by atoms with Gasteiger partial charge in [0.25, 0.3) is 5.79 Å². The second-order valence-electron chi connectivity index (χ2n) is 16.6. The Morgan fingerprint density at radius 1 is 0.765 bits per heavy atom. The molecule has 0 aromatic heterocycles. The van der Waals surface area contributed by atoms with Gasteiger partial charge in [-0.25, -0.2) is 4.79 Å². The van der Waals surface area contributed by atoms with Crippen molar-refractivity contribution < 1.29 is 124 Å². The smallest absolute Gasteiger partial charge is 0.364 e. The van der Waals surface area contributed by atoms with Gasteiger partial charge >= 0.3 is 5.97 Å². The Bertz CT molecular complexity index is 1630. The SMILES string of the molecule is CC(=O)NC1C(O)[C@@H](O)C(CO)O[C@H]1O[C@H]1C(CO)O[C@@H](O[C@@H]2C(CO)O[C@@H](N(C)OCCNC(=O)CCCS)C(O)C2O)C(O)C1O[C@]1(C(=O)O)CC(O)[C@@H](NC(C)=O)C([C@H](O)[C@H](O)CO)O1. The van der Waals surface area contributed by atoms with Gasteiger partial charge in [0.1, 0.15) is 91.5 Å². The summed E-state index contributed by atoms with van der Waals surface area (Å²) >= 11 is 4.06. The van der Waals surface area contributed by atoms with Gasteiger partial charge in [0.15, 0.2) is 18.8 Å². The van der Waals surface area contributed by atoms with Crippen molar-refractivity contribution >= 4 is 36.3 Å². The van der Waals surface area contributed by atoms with Gasteiger partial charge in [-0.05, 0) is 12.2 Å². The molecule has 4 aliphatic heterocycles. The minimum atomic E-state index is -3.25. The Balaban J connectivity index is 1.72. The van der Waals surface area contributed by atoms with Crippen LogP contribution in [-0.4, -0.2) is 276 Å². The summed E-state index contributed by atoms with van der Waals surface area (Å²) in [6.45, 7) is -2.23. The molecule has 4 rings (SSSR count). The van der Waals surface area contributed by atoms with Crippen molar-refractivity contribution in [3.05, 3.63) is 0 Å². The van der Waals surface area contributed by atoms with Gasteiger partial charge in [-0.2, -0.15) is 17.7 Å². The molecule has 4 fully saturated rings. The topological polar surface area (TPSA) is 444 Å². The third-order valence-corrected chi connectivity index (χ3v) is 11.9. The Morgan fingerprint density at radius 3 is 1.93 bits per heavy atom. The lowest BCUT2D eigenvalue weighted by atomic mass is 9.88. The fourth-order valence-electron chi connectivity index (χ4n) is 8.13. The van der Waals surface area contributed by atoms with E-state index >= 15 is 0 Å². The van der Waals surface area contributed by atoms with E-state index < -0.39 is 179 Å². The molecule has 3 amide bonds. The van der Waals surface area contributed by atoms with Crippen LogP contribution in [0.3, 0.4) is 0 Å². The van der Waals surface area contributed by atoms with Gasteiger partial charge < -0.3 is 115 Å². The van der Waals surface area contributed by atoms with Crippen molar-refractivity contribution in [3.8, 4) is 0 Å². The number of aliphatic hydroxyl groups excluding tert-OH is 12. The van der Waals surface area contributed by atoms with Gasteiger partial charge in [-0.1, -0.05) is 0 Å². The number of hydrogen-bond donors (Lipinski definition) is 17. The molecular weight excluding hydrogens is 944 g/mol. The molecular formula is C38H66N4O25S. The molecule has 394 valence electrons. The van der Waals surface area contributed by atoms with Crippen molar-refractivity contribution in [2.24, 2.45) is 0 Å². The second kappa shape index (κ2) is 26.2. The Hall–Kier alpha value is -2.61. The zero-order valence-corrected chi connectivity index (χ0v) is 38.1. The Labute approximate surface area is 394 Å². The highest BCUT2D eigenvalue weighted by atomic mass is 32.1. The highest BCUT2D eigenvalue weighted by molar-refractivity contribution is 7.80. The first kappa shape index (κ1) is 58.0. The molecule has 0 radical (unpaired) electrons. The number of hydroxylamine groups is 2. The lowest BCUT2D eigenvalue weighted by Crippen LogP contribution is -2.72. The molecule has 0 aromatic carbocycles. The molecule has 0 aromatic rings. The predicted octanol–water partition coefficient (Wildman–Crippen LogP) is -9.56. The molecule has 0 saturated carbocycles. The largest absolute Gasteiger partial charge is 0.477 e. The maximum atomic E-state index is 13.3. The molecule has 4 saturated heterocycles. The molecule has 0 spiro atoms. The first-order chi connectivity index (χ1) is 32.1. The van der Waals surface area contributed by atoms with Crippen LogP contribution in [0.25, 0.3) is 0 Å². The minimum Gasteiger partial charge on any atom is -0.477 e. The number of carboxylic acids is 1. The van der Waals surface area contributed by atoms with Crippen molar-refractivity contribution in [2.75, 3.05) is 52.4 Å². The van der Waals surface area contributed by atoms with Crippen LogP contribution in [0.4, 0.5) is 0 Å². The molecule has 29 nitrogen and oxygen atoms in total. The van der Waals surface area contributed by atoms with Gasteiger partial charge in [-0.3, -0.25) is 19.2 Å². The number of nitrogens with one attached hydrogen (secondary N) is 3. The fourth-order valence-corrected chi connectivity index (χ4v) is 8.29. The van der Waals surface area contributed by atoms with E-state index in [0.717, 1.165) is 18.9 Å². The van der Waals surface area contributed by atoms with Crippen LogP contribution in [0.1, 0.15) is 33.1 Å². The molecule has 4 heterocycles. The van der Waals surface area contributed by atoms with Crippen molar-refractivity contribution in [3.63, 3.8) is 0 Å². The summed E-state index contributed by atoms with van der Waals surface area (Å²) in [5, 5.41) is 149. The third kappa shape index (κ3) is 13.9. The standard InChI is InChI=1S/C38H66N4O25S/c1-14(47)40-22-16(49)9-38(37(58)59,66-32(22)24(52)17(50)10-43)67-33-29(57)36(63-20(13-46)31(33)65-35-23(41-15(2)48)26(54)25(53)18(11-44)62-35)64-30-19(12-45)61-34(28(56)27(30)55)42(3)60-7-6-39-21(51)5-4-8-68/h16-20,22-36,43-46,49-50,52-57,68H,4-13H2,1-3H3,(H,39,51)(H,40,47)(H,41,48)(H,58,59)/t16?,17-,18?,19?,20?,22-,23?,24-,25+,26?,27?,28?,29?,30-,31+,32?,33?,34-,35+,36+,38+/m1/s1.